The van der Waals surface area contributed by atoms with Crippen molar-refractivity contribution in [1.29, 1.82) is 0 Å². The van der Waals surface area contributed by atoms with Crippen molar-refractivity contribution in [2.45, 2.75) is 26.2 Å². The van der Waals surface area contributed by atoms with Gasteiger partial charge in [0.15, 0.2) is 5.82 Å². The predicted octanol–water partition coefficient (Wildman–Crippen LogP) is 1.99. The number of anilines is 2. The maximum Gasteiger partial charge on any atom is 0.337 e. The van der Waals surface area contributed by atoms with Gasteiger partial charge in [0.25, 0.3) is 0 Å². The van der Waals surface area contributed by atoms with Gasteiger partial charge in [0, 0.05) is 19.3 Å². The molecule has 5 heteroatoms. The van der Waals surface area contributed by atoms with Crippen LogP contribution in [0.1, 0.15) is 36.5 Å². The quantitative estimate of drug-likeness (QED) is 0.834. The summed E-state index contributed by atoms with van der Waals surface area (Å²) in [5.41, 5.74) is 6.48. The van der Waals surface area contributed by atoms with Gasteiger partial charge in [-0.2, -0.15) is 0 Å². The van der Waals surface area contributed by atoms with Gasteiger partial charge in [0.1, 0.15) is 0 Å². The summed E-state index contributed by atoms with van der Waals surface area (Å²) in [6, 6.07) is 1.48. The van der Waals surface area contributed by atoms with Crippen molar-refractivity contribution in [1.82, 2.24) is 4.98 Å². The van der Waals surface area contributed by atoms with E-state index in [0.29, 0.717) is 11.5 Å². The number of rotatable bonds is 5. The number of nitrogens with zero attached hydrogens (tertiary/aromatic N) is 2. The lowest BCUT2D eigenvalue weighted by Crippen LogP contribution is -2.33. The molecule has 1 saturated carbocycles. The van der Waals surface area contributed by atoms with Crippen molar-refractivity contribution in [3.8, 4) is 0 Å². The molecule has 2 rings (SSSR count). The van der Waals surface area contributed by atoms with E-state index in [9.17, 15) is 4.79 Å². The molecule has 0 unspecified atom stereocenters. The normalized spacial score (nSPS) is 15.2. The number of hydrogen-bond acceptors (Lipinski definition) is 4. The molecule has 0 aromatic carbocycles. The standard InChI is InChI=1S/C13H19N3O2/c1-2-16(8-9-4-3-5-9)12-11(14)6-10(7-15-12)13(17)18/h6-7,9H,2-5,8,14H2,1H3,(H,17,18). The smallest absolute Gasteiger partial charge is 0.337 e. The summed E-state index contributed by atoms with van der Waals surface area (Å²) in [5.74, 6) is 0.433. The Morgan fingerprint density at radius 3 is 2.78 bits per heavy atom. The van der Waals surface area contributed by atoms with Gasteiger partial charge in [-0.15, -0.1) is 0 Å². The maximum atomic E-state index is 10.8. The Hall–Kier alpha value is -1.78. The molecule has 1 aliphatic rings. The average Bonchev–Trinajstić information content (AvgIpc) is 2.29. The fourth-order valence-corrected chi connectivity index (χ4v) is 2.21. The SMILES string of the molecule is CCN(CC1CCC1)c1ncc(C(=O)O)cc1N. The summed E-state index contributed by atoms with van der Waals surface area (Å²) >= 11 is 0. The Kier molecular flexibility index (Phi) is 3.69. The number of hydrogen-bond donors (Lipinski definition) is 2. The van der Waals surface area contributed by atoms with Crippen LogP contribution >= 0.6 is 0 Å². The number of carboxylic acids is 1. The second-order valence-corrected chi connectivity index (χ2v) is 4.78. The number of nitrogen functional groups attached to an aromatic ring is 1. The van der Waals surface area contributed by atoms with Crippen LogP contribution in [0.4, 0.5) is 11.5 Å². The Balaban J connectivity index is 2.16. The van der Waals surface area contributed by atoms with E-state index < -0.39 is 5.97 Å². The van der Waals surface area contributed by atoms with E-state index in [0.717, 1.165) is 19.0 Å². The first kappa shape index (κ1) is 12.7. The highest BCUT2D eigenvalue weighted by atomic mass is 16.4. The molecule has 1 aromatic rings. The maximum absolute atomic E-state index is 10.8. The molecule has 0 atom stereocenters. The van der Waals surface area contributed by atoms with Gasteiger partial charge in [-0.1, -0.05) is 6.42 Å². The molecule has 1 aromatic heterocycles. The molecule has 1 fully saturated rings. The Morgan fingerprint density at radius 2 is 2.33 bits per heavy atom. The zero-order valence-electron chi connectivity index (χ0n) is 10.6. The van der Waals surface area contributed by atoms with Crippen LogP contribution in [0.25, 0.3) is 0 Å². The van der Waals surface area contributed by atoms with Gasteiger partial charge in [0.2, 0.25) is 0 Å². The van der Waals surface area contributed by atoms with Gasteiger partial charge >= 0.3 is 5.97 Å². The Morgan fingerprint density at radius 1 is 1.61 bits per heavy atom. The number of aromatic carboxylic acids is 1. The van der Waals surface area contributed by atoms with Crippen LogP contribution in [0, 0.1) is 5.92 Å². The molecule has 5 nitrogen and oxygen atoms in total. The molecule has 0 bridgehead atoms. The molecule has 3 N–H and O–H groups in total. The zero-order chi connectivity index (χ0) is 13.1. The monoisotopic (exact) mass is 249 g/mol. The fourth-order valence-electron chi connectivity index (χ4n) is 2.21. The molecular weight excluding hydrogens is 230 g/mol. The molecule has 0 saturated heterocycles. The lowest BCUT2D eigenvalue weighted by atomic mass is 9.85. The third-order valence-electron chi connectivity index (χ3n) is 3.53. The van der Waals surface area contributed by atoms with E-state index in [2.05, 4.69) is 16.8 Å². The molecule has 0 spiro atoms. The van der Waals surface area contributed by atoms with Crippen LogP contribution in [-0.2, 0) is 0 Å². The topological polar surface area (TPSA) is 79.5 Å². The van der Waals surface area contributed by atoms with Gasteiger partial charge in [0.05, 0.1) is 11.3 Å². The minimum atomic E-state index is -0.997. The van der Waals surface area contributed by atoms with E-state index in [1.54, 1.807) is 0 Å². The number of pyridine rings is 1. The summed E-state index contributed by atoms with van der Waals surface area (Å²) in [5, 5.41) is 8.88. The second-order valence-electron chi connectivity index (χ2n) is 4.78. The zero-order valence-corrected chi connectivity index (χ0v) is 10.6. The summed E-state index contributed by atoms with van der Waals surface area (Å²) in [7, 11) is 0. The van der Waals surface area contributed by atoms with E-state index in [1.807, 2.05) is 0 Å². The first-order valence-corrected chi connectivity index (χ1v) is 6.35. The summed E-state index contributed by atoms with van der Waals surface area (Å²) in [4.78, 5) is 17.2. The Bertz CT molecular complexity index is 444. The minimum absolute atomic E-state index is 0.135. The molecule has 18 heavy (non-hydrogen) atoms. The van der Waals surface area contributed by atoms with Crippen LogP contribution in [0.5, 0.6) is 0 Å². The third-order valence-corrected chi connectivity index (χ3v) is 3.53. The van der Waals surface area contributed by atoms with Gasteiger partial charge in [-0.3, -0.25) is 0 Å². The summed E-state index contributed by atoms with van der Waals surface area (Å²) in [6.45, 7) is 3.85. The first-order chi connectivity index (χ1) is 8.61. The largest absolute Gasteiger partial charge is 0.478 e. The summed E-state index contributed by atoms with van der Waals surface area (Å²) in [6.07, 6.45) is 5.22. The van der Waals surface area contributed by atoms with E-state index in [1.165, 1.54) is 31.5 Å². The molecule has 0 radical (unpaired) electrons. The van der Waals surface area contributed by atoms with Crippen LogP contribution in [-0.4, -0.2) is 29.1 Å². The van der Waals surface area contributed by atoms with Crippen molar-refractivity contribution in [2.24, 2.45) is 5.92 Å². The van der Waals surface area contributed by atoms with Crippen molar-refractivity contribution in [2.75, 3.05) is 23.7 Å². The van der Waals surface area contributed by atoms with Crippen LogP contribution in [0.15, 0.2) is 12.3 Å². The van der Waals surface area contributed by atoms with E-state index in [-0.39, 0.29) is 5.56 Å². The second kappa shape index (κ2) is 5.25. The summed E-state index contributed by atoms with van der Waals surface area (Å²) < 4.78 is 0. The van der Waals surface area contributed by atoms with Crippen molar-refractivity contribution in [3.05, 3.63) is 17.8 Å². The molecule has 0 aliphatic heterocycles. The van der Waals surface area contributed by atoms with E-state index in [4.69, 9.17) is 10.8 Å². The highest BCUT2D eigenvalue weighted by molar-refractivity contribution is 5.89. The molecule has 1 aliphatic carbocycles. The van der Waals surface area contributed by atoms with Gasteiger partial charge in [-0.05, 0) is 31.7 Å². The number of aromatic nitrogens is 1. The first-order valence-electron chi connectivity index (χ1n) is 6.35. The highest BCUT2D eigenvalue weighted by Gasteiger charge is 2.22. The van der Waals surface area contributed by atoms with Crippen LogP contribution < -0.4 is 10.6 Å². The van der Waals surface area contributed by atoms with Crippen LogP contribution in [0.2, 0.25) is 0 Å². The fraction of sp³-hybridized carbons (Fsp3) is 0.538. The molecule has 1 heterocycles. The number of carbonyl (C=O) groups is 1. The van der Waals surface area contributed by atoms with Gasteiger partial charge < -0.3 is 15.7 Å². The number of carboxylic acid groups (broad SMARTS) is 1. The average molecular weight is 249 g/mol. The molecule has 0 amide bonds. The lowest BCUT2D eigenvalue weighted by molar-refractivity contribution is 0.0696. The van der Waals surface area contributed by atoms with E-state index >= 15 is 0 Å². The number of nitrogens with two attached hydrogens (primary N) is 1. The molecule has 98 valence electrons. The van der Waals surface area contributed by atoms with Crippen molar-refractivity contribution in [3.63, 3.8) is 0 Å². The lowest BCUT2D eigenvalue weighted by Gasteiger charge is -2.33. The molecular formula is C13H19N3O2. The highest BCUT2D eigenvalue weighted by Crippen LogP contribution is 2.30. The van der Waals surface area contributed by atoms with Crippen molar-refractivity contribution < 1.29 is 9.90 Å². The van der Waals surface area contributed by atoms with Crippen molar-refractivity contribution >= 4 is 17.5 Å². The Labute approximate surface area is 107 Å². The third kappa shape index (κ3) is 2.55. The minimum Gasteiger partial charge on any atom is -0.478 e. The predicted molar refractivity (Wildman–Crippen MR) is 70.8 cm³/mol. The van der Waals surface area contributed by atoms with Crippen LogP contribution in [0.3, 0.4) is 0 Å². The van der Waals surface area contributed by atoms with Gasteiger partial charge in [-0.25, -0.2) is 9.78 Å².